The molecule has 0 fully saturated rings. The van der Waals surface area contributed by atoms with Crippen molar-refractivity contribution >= 4 is 21.8 Å². The first-order chi connectivity index (χ1) is 8.41. The van der Waals surface area contributed by atoms with Crippen LogP contribution in [-0.2, 0) is 11.2 Å². The number of halogens is 1. The van der Waals surface area contributed by atoms with Gasteiger partial charge in [-0.3, -0.25) is 4.79 Å². The van der Waals surface area contributed by atoms with Crippen LogP contribution in [0.1, 0.15) is 30.5 Å². The summed E-state index contributed by atoms with van der Waals surface area (Å²) in [6, 6.07) is 6.44. The van der Waals surface area contributed by atoms with E-state index < -0.39 is 0 Å². The second kappa shape index (κ2) is 6.93. The number of benzene rings is 1. The molecule has 2 nitrogen and oxygen atoms in total. The average Bonchev–Trinajstić information content (AvgIpc) is 2.32. The van der Waals surface area contributed by atoms with Gasteiger partial charge in [0.15, 0.2) is 0 Å². The van der Waals surface area contributed by atoms with Gasteiger partial charge in [0.2, 0.25) is 5.91 Å². The molecule has 0 saturated heterocycles. The number of amides is 1. The first kappa shape index (κ1) is 15.2. The van der Waals surface area contributed by atoms with Gasteiger partial charge in [0, 0.05) is 6.54 Å². The largest absolute Gasteiger partial charge is 0.355 e. The van der Waals surface area contributed by atoms with E-state index in [9.17, 15) is 4.79 Å². The summed E-state index contributed by atoms with van der Waals surface area (Å²) in [7, 11) is 0. The lowest BCUT2D eigenvalue weighted by atomic mass is 10.0. The minimum absolute atomic E-state index is 0.0790. The predicted octanol–water partition coefficient (Wildman–Crippen LogP) is 3.38. The van der Waals surface area contributed by atoms with Crippen molar-refractivity contribution in [3.63, 3.8) is 0 Å². The molecule has 1 N–H and O–H groups in total. The third-order valence-corrected chi connectivity index (χ3v) is 4.51. The number of nitrogens with one attached hydrogen (secondary N) is 1. The van der Waals surface area contributed by atoms with E-state index in [4.69, 9.17) is 0 Å². The van der Waals surface area contributed by atoms with Gasteiger partial charge in [0.05, 0.1) is 4.83 Å². The lowest BCUT2D eigenvalue weighted by molar-refractivity contribution is -0.121. The topological polar surface area (TPSA) is 29.1 Å². The molecule has 1 rings (SSSR count). The second-order valence-corrected chi connectivity index (χ2v) is 6.10. The number of hydrogen-bond donors (Lipinski definition) is 1. The molecule has 100 valence electrons. The fourth-order valence-corrected chi connectivity index (χ4v) is 1.95. The van der Waals surface area contributed by atoms with Gasteiger partial charge in [-0.1, -0.05) is 53.5 Å². The lowest BCUT2D eigenvalue weighted by Crippen LogP contribution is -2.35. The van der Waals surface area contributed by atoms with E-state index in [1.165, 1.54) is 16.7 Å². The van der Waals surface area contributed by atoms with Gasteiger partial charge in [-0.25, -0.2) is 0 Å². The van der Waals surface area contributed by atoms with Crippen molar-refractivity contribution in [1.29, 1.82) is 0 Å². The van der Waals surface area contributed by atoms with E-state index in [1.54, 1.807) is 0 Å². The van der Waals surface area contributed by atoms with Gasteiger partial charge in [0.25, 0.3) is 0 Å². The Kier molecular flexibility index (Phi) is 5.86. The molecule has 18 heavy (non-hydrogen) atoms. The van der Waals surface area contributed by atoms with E-state index in [2.05, 4.69) is 53.3 Å². The third kappa shape index (κ3) is 4.45. The summed E-state index contributed by atoms with van der Waals surface area (Å²) >= 11 is 3.41. The summed E-state index contributed by atoms with van der Waals surface area (Å²) in [4.78, 5) is 11.7. The fourth-order valence-electron chi connectivity index (χ4n) is 1.79. The number of carbonyl (C=O) groups excluding carboxylic acids is 1. The molecule has 1 atom stereocenters. The highest BCUT2D eigenvalue weighted by Gasteiger charge is 2.17. The Morgan fingerprint density at radius 1 is 1.33 bits per heavy atom. The van der Waals surface area contributed by atoms with Crippen molar-refractivity contribution in [3.05, 3.63) is 34.9 Å². The Hall–Kier alpha value is -0.830. The van der Waals surface area contributed by atoms with Crippen molar-refractivity contribution in [2.45, 2.75) is 38.9 Å². The summed E-state index contributed by atoms with van der Waals surface area (Å²) in [6.45, 7) is 8.96. The summed E-state index contributed by atoms with van der Waals surface area (Å²) < 4.78 is 0. The quantitative estimate of drug-likeness (QED) is 0.830. The van der Waals surface area contributed by atoms with E-state index >= 15 is 0 Å². The molecule has 0 radical (unpaired) electrons. The van der Waals surface area contributed by atoms with Crippen LogP contribution in [0.25, 0.3) is 0 Å². The molecule has 0 aromatic heterocycles. The number of alkyl halides is 1. The Labute approximate surface area is 118 Å². The molecule has 0 spiro atoms. The summed E-state index contributed by atoms with van der Waals surface area (Å²) in [6.07, 6.45) is 0.886. The summed E-state index contributed by atoms with van der Waals surface area (Å²) in [5.74, 6) is 0.390. The SMILES string of the molecule is Cc1ccc(C)c(CCNC(=O)C(Br)C(C)C)c1. The van der Waals surface area contributed by atoms with Crippen LogP contribution < -0.4 is 5.32 Å². The highest BCUT2D eigenvalue weighted by atomic mass is 79.9. The Morgan fingerprint density at radius 2 is 2.00 bits per heavy atom. The van der Waals surface area contributed by atoms with Crippen LogP contribution in [0.4, 0.5) is 0 Å². The molecule has 3 heteroatoms. The normalized spacial score (nSPS) is 12.6. The van der Waals surface area contributed by atoms with Crippen molar-refractivity contribution in [2.75, 3.05) is 6.54 Å². The van der Waals surface area contributed by atoms with E-state index in [0.717, 1.165) is 6.42 Å². The van der Waals surface area contributed by atoms with Crippen molar-refractivity contribution in [3.8, 4) is 0 Å². The number of aryl methyl sites for hydroxylation is 2. The predicted molar refractivity (Wildman–Crippen MR) is 80.2 cm³/mol. The van der Waals surface area contributed by atoms with E-state index in [1.807, 2.05) is 13.8 Å². The molecule has 0 aliphatic heterocycles. The van der Waals surface area contributed by atoms with Crippen LogP contribution in [-0.4, -0.2) is 17.3 Å². The van der Waals surface area contributed by atoms with Gasteiger partial charge in [-0.05, 0) is 37.3 Å². The molecule has 0 bridgehead atoms. The maximum Gasteiger partial charge on any atom is 0.234 e. The third-order valence-electron chi connectivity index (χ3n) is 3.03. The van der Waals surface area contributed by atoms with Crippen LogP contribution >= 0.6 is 15.9 Å². The van der Waals surface area contributed by atoms with Crippen LogP contribution in [0.5, 0.6) is 0 Å². The Bertz CT molecular complexity index is 415. The number of hydrogen-bond acceptors (Lipinski definition) is 1. The van der Waals surface area contributed by atoms with Crippen LogP contribution in [0.2, 0.25) is 0 Å². The van der Waals surface area contributed by atoms with Crippen LogP contribution in [0.15, 0.2) is 18.2 Å². The van der Waals surface area contributed by atoms with Gasteiger partial charge in [-0.15, -0.1) is 0 Å². The second-order valence-electron chi connectivity index (χ2n) is 5.12. The summed E-state index contributed by atoms with van der Waals surface area (Å²) in [5.41, 5.74) is 3.86. The zero-order chi connectivity index (χ0) is 13.7. The highest BCUT2D eigenvalue weighted by molar-refractivity contribution is 9.10. The highest BCUT2D eigenvalue weighted by Crippen LogP contribution is 2.13. The van der Waals surface area contributed by atoms with Crippen LogP contribution in [0, 0.1) is 19.8 Å². The minimum atomic E-state index is -0.101. The Morgan fingerprint density at radius 3 is 2.61 bits per heavy atom. The molecular weight excluding hydrogens is 290 g/mol. The molecule has 0 heterocycles. The average molecular weight is 312 g/mol. The monoisotopic (exact) mass is 311 g/mol. The number of rotatable bonds is 5. The number of carbonyl (C=O) groups is 1. The molecule has 1 aromatic rings. The van der Waals surface area contributed by atoms with Gasteiger partial charge < -0.3 is 5.32 Å². The van der Waals surface area contributed by atoms with Crippen LogP contribution in [0.3, 0.4) is 0 Å². The van der Waals surface area contributed by atoms with Gasteiger partial charge in [0.1, 0.15) is 0 Å². The van der Waals surface area contributed by atoms with Crippen molar-refractivity contribution in [2.24, 2.45) is 5.92 Å². The molecule has 1 aromatic carbocycles. The van der Waals surface area contributed by atoms with Crippen molar-refractivity contribution in [1.82, 2.24) is 5.32 Å². The fraction of sp³-hybridized carbons (Fsp3) is 0.533. The maximum absolute atomic E-state index is 11.8. The maximum atomic E-state index is 11.8. The molecule has 1 unspecified atom stereocenters. The van der Waals surface area contributed by atoms with Crippen molar-refractivity contribution < 1.29 is 4.79 Å². The van der Waals surface area contributed by atoms with E-state index in [0.29, 0.717) is 12.5 Å². The molecular formula is C15H22BrNO. The zero-order valence-corrected chi connectivity index (χ0v) is 13.2. The van der Waals surface area contributed by atoms with Gasteiger partial charge >= 0.3 is 0 Å². The standard InChI is InChI=1S/C15H22BrNO/c1-10(2)14(16)15(18)17-8-7-13-9-11(3)5-6-12(13)4/h5-6,9-10,14H,7-8H2,1-4H3,(H,17,18). The smallest absolute Gasteiger partial charge is 0.234 e. The molecule has 0 aliphatic carbocycles. The lowest BCUT2D eigenvalue weighted by Gasteiger charge is -2.14. The van der Waals surface area contributed by atoms with E-state index in [-0.39, 0.29) is 10.7 Å². The molecule has 0 aliphatic rings. The molecule has 0 saturated carbocycles. The summed E-state index contributed by atoms with van der Waals surface area (Å²) in [5, 5.41) is 2.97. The molecule has 1 amide bonds. The van der Waals surface area contributed by atoms with Gasteiger partial charge in [-0.2, -0.15) is 0 Å². The zero-order valence-electron chi connectivity index (χ0n) is 11.6. The Balaban J connectivity index is 2.47. The first-order valence-corrected chi connectivity index (χ1v) is 7.31. The first-order valence-electron chi connectivity index (χ1n) is 6.39. The minimum Gasteiger partial charge on any atom is -0.355 e.